The first-order valence-corrected chi connectivity index (χ1v) is 9.03. The highest BCUT2D eigenvalue weighted by Gasteiger charge is 2.36. The van der Waals surface area contributed by atoms with Crippen LogP contribution < -0.4 is 0 Å². The predicted octanol–water partition coefficient (Wildman–Crippen LogP) is 5.26. The van der Waals surface area contributed by atoms with Crippen LogP contribution in [0.5, 0.6) is 0 Å². The van der Waals surface area contributed by atoms with Crippen LogP contribution in [0.4, 0.5) is 4.39 Å². The first kappa shape index (κ1) is 17.3. The SMILES string of the molecule is CC(=O)C[C@H](c1ccc(F)cc1)C1c2ccccc2C(=O)c2ccccc21. The van der Waals surface area contributed by atoms with Gasteiger partial charge in [0.15, 0.2) is 5.78 Å². The monoisotopic (exact) mass is 358 g/mol. The van der Waals surface area contributed by atoms with E-state index in [0.717, 1.165) is 16.7 Å². The fourth-order valence-corrected chi connectivity index (χ4v) is 4.14. The third kappa shape index (κ3) is 3.10. The highest BCUT2D eigenvalue weighted by Crippen LogP contribution is 2.46. The van der Waals surface area contributed by atoms with Gasteiger partial charge < -0.3 is 4.79 Å². The highest BCUT2D eigenvalue weighted by molar-refractivity contribution is 6.12. The van der Waals surface area contributed by atoms with Crippen LogP contribution >= 0.6 is 0 Å². The summed E-state index contributed by atoms with van der Waals surface area (Å²) in [7, 11) is 0. The van der Waals surface area contributed by atoms with Crippen molar-refractivity contribution in [1.29, 1.82) is 0 Å². The zero-order valence-electron chi connectivity index (χ0n) is 15.0. The second kappa shape index (κ2) is 6.92. The smallest absolute Gasteiger partial charge is 0.193 e. The third-order valence-electron chi connectivity index (χ3n) is 5.29. The summed E-state index contributed by atoms with van der Waals surface area (Å²) in [5.74, 6) is -0.530. The molecule has 0 N–H and O–H groups in total. The quantitative estimate of drug-likeness (QED) is 0.637. The number of hydrogen-bond acceptors (Lipinski definition) is 2. The lowest BCUT2D eigenvalue weighted by Crippen LogP contribution is -2.25. The van der Waals surface area contributed by atoms with Gasteiger partial charge in [0.1, 0.15) is 11.6 Å². The number of benzene rings is 3. The summed E-state index contributed by atoms with van der Waals surface area (Å²) >= 11 is 0. The van der Waals surface area contributed by atoms with E-state index in [4.69, 9.17) is 0 Å². The number of Topliss-reactive ketones (excluding diaryl/α,β-unsaturated/α-hetero) is 1. The third-order valence-corrected chi connectivity index (χ3v) is 5.29. The molecule has 0 bridgehead atoms. The number of rotatable bonds is 4. The van der Waals surface area contributed by atoms with Crippen LogP contribution in [0.15, 0.2) is 72.8 Å². The van der Waals surface area contributed by atoms with Crippen molar-refractivity contribution in [2.24, 2.45) is 0 Å². The Balaban J connectivity index is 1.94. The normalized spacial score (nSPS) is 14.4. The van der Waals surface area contributed by atoms with E-state index in [-0.39, 0.29) is 29.2 Å². The topological polar surface area (TPSA) is 34.1 Å². The van der Waals surface area contributed by atoms with Crippen molar-refractivity contribution in [2.75, 3.05) is 0 Å². The van der Waals surface area contributed by atoms with Crippen molar-refractivity contribution in [1.82, 2.24) is 0 Å². The van der Waals surface area contributed by atoms with Crippen molar-refractivity contribution >= 4 is 11.6 Å². The molecule has 0 radical (unpaired) electrons. The molecule has 1 aliphatic rings. The van der Waals surface area contributed by atoms with E-state index in [2.05, 4.69) is 0 Å². The van der Waals surface area contributed by atoms with Gasteiger partial charge in [-0.25, -0.2) is 4.39 Å². The Morgan fingerprint density at radius 1 is 0.889 bits per heavy atom. The molecule has 1 atom stereocenters. The van der Waals surface area contributed by atoms with Gasteiger partial charge in [0.2, 0.25) is 0 Å². The lowest BCUT2D eigenvalue weighted by atomic mass is 9.68. The summed E-state index contributed by atoms with van der Waals surface area (Å²) in [6.07, 6.45) is 0.327. The van der Waals surface area contributed by atoms with E-state index in [1.165, 1.54) is 12.1 Å². The van der Waals surface area contributed by atoms with E-state index >= 15 is 0 Å². The lowest BCUT2D eigenvalue weighted by molar-refractivity contribution is -0.117. The second-order valence-electron chi connectivity index (χ2n) is 7.05. The first-order chi connectivity index (χ1) is 13.1. The van der Waals surface area contributed by atoms with Gasteiger partial charge in [0, 0.05) is 29.4 Å². The molecule has 0 unspecified atom stereocenters. The molecule has 2 nitrogen and oxygen atoms in total. The molecule has 0 heterocycles. The van der Waals surface area contributed by atoms with Gasteiger partial charge in [0.05, 0.1) is 0 Å². The van der Waals surface area contributed by atoms with Crippen molar-refractivity contribution in [2.45, 2.75) is 25.2 Å². The van der Waals surface area contributed by atoms with E-state index in [0.29, 0.717) is 17.5 Å². The average Bonchev–Trinajstić information content (AvgIpc) is 2.68. The van der Waals surface area contributed by atoms with Crippen molar-refractivity contribution in [3.05, 3.63) is 106 Å². The fourth-order valence-electron chi connectivity index (χ4n) is 4.14. The molecule has 0 aromatic heterocycles. The molecular formula is C24H19FO2. The number of ketones is 2. The largest absolute Gasteiger partial charge is 0.300 e. The Morgan fingerprint density at radius 2 is 1.41 bits per heavy atom. The molecule has 0 saturated heterocycles. The van der Waals surface area contributed by atoms with Gasteiger partial charge in [-0.15, -0.1) is 0 Å². The number of fused-ring (bicyclic) bond motifs is 2. The fraction of sp³-hybridized carbons (Fsp3) is 0.167. The molecule has 27 heavy (non-hydrogen) atoms. The predicted molar refractivity (Wildman–Crippen MR) is 103 cm³/mol. The molecule has 4 rings (SSSR count). The number of halogens is 1. The molecule has 0 amide bonds. The zero-order valence-corrected chi connectivity index (χ0v) is 15.0. The molecule has 3 aromatic carbocycles. The van der Waals surface area contributed by atoms with Crippen LogP contribution in [0.1, 0.15) is 57.8 Å². The van der Waals surface area contributed by atoms with Crippen LogP contribution in [0.2, 0.25) is 0 Å². The van der Waals surface area contributed by atoms with Crippen LogP contribution in [0.25, 0.3) is 0 Å². The summed E-state index contributed by atoms with van der Waals surface area (Å²) < 4.78 is 13.5. The molecule has 3 aromatic rings. The van der Waals surface area contributed by atoms with Gasteiger partial charge >= 0.3 is 0 Å². The number of hydrogen-bond donors (Lipinski definition) is 0. The molecular weight excluding hydrogens is 339 g/mol. The highest BCUT2D eigenvalue weighted by atomic mass is 19.1. The zero-order chi connectivity index (χ0) is 19.0. The number of carbonyl (C=O) groups is 2. The summed E-state index contributed by atoms with van der Waals surface area (Å²) in [4.78, 5) is 25.0. The van der Waals surface area contributed by atoms with Crippen LogP contribution in [-0.4, -0.2) is 11.6 Å². The maximum Gasteiger partial charge on any atom is 0.193 e. The summed E-state index contributed by atoms with van der Waals surface area (Å²) in [6.45, 7) is 1.57. The van der Waals surface area contributed by atoms with Gasteiger partial charge in [-0.05, 0) is 35.7 Å². The van der Waals surface area contributed by atoms with Crippen LogP contribution in [0, 0.1) is 5.82 Å². The van der Waals surface area contributed by atoms with Crippen molar-refractivity contribution < 1.29 is 14.0 Å². The summed E-state index contributed by atoms with van der Waals surface area (Å²) in [5.41, 5.74) is 4.11. The maximum absolute atomic E-state index is 13.5. The second-order valence-corrected chi connectivity index (χ2v) is 7.05. The molecule has 0 spiro atoms. The Bertz CT molecular complexity index is 971. The summed E-state index contributed by atoms with van der Waals surface area (Å²) in [6, 6.07) is 21.5. The standard InChI is InChI=1S/C24H19FO2/c1-15(26)14-22(16-10-12-17(25)13-11-16)23-18-6-2-4-8-20(18)24(27)21-9-5-3-7-19(21)23/h2-13,22-23H,14H2,1H3/t22-/m1/s1. The Morgan fingerprint density at radius 3 is 1.93 bits per heavy atom. The minimum absolute atomic E-state index is 0.0122. The van der Waals surface area contributed by atoms with Gasteiger partial charge in [-0.1, -0.05) is 60.7 Å². The molecule has 1 aliphatic carbocycles. The maximum atomic E-state index is 13.5. The minimum atomic E-state index is -0.306. The average molecular weight is 358 g/mol. The molecule has 0 saturated carbocycles. The molecule has 0 aliphatic heterocycles. The van der Waals surface area contributed by atoms with E-state index in [1.54, 1.807) is 19.1 Å². The van der Waals surface area contributed by atoms with Gasteiger partial charge in [0.25, 0.3) is 0 Å². The Labute approximate surface area is 157 Å². The summed E-state index contributed by atoms with van der Waals surface area (Å²) in [5, 5.41) is 0. The Hall–Kier alpha value is -3.07. The lowest BCUT2D eigenvalue weighted by Gasteiger charge is -2.33. The molecule has 3 heteroatoms. The molecule has 134 valence electrons. The Kier molecular flexibility index (Phi) is 4.44. The van der Waals surface area contributed by atoms with Crippen LogP contribution in [-0.2, 0) is 4.79 Å². The van der Waals surface area contributed by atoms with Crippen molar-refractivity contribution in [3.8, 4) is 0 Å². The minimum Gasteiger partial charge on any atom is -0.300 e. The van der Waals surface area contributed by atoms with Gasteiger partial charge in [-0.2, -0.15) is 0 Å². The molecule has 0 fully saturated rings. The van der Waals surface area contributed by atoms with E-state index in [1.807, 2.05) is 48.5 Å². The van der Waals surface area contributed by atoms with E-state index < -0.39 is 0 Å². The van der Waals surface area contributed by atoms with E-state index in [9.17, 15) is 14.0 Å². The first-order valence-electron chi connectivity index (χ1n) is 9.03. The van der Waals surface area contributed by atoms with Gasteiger partial charge in [-0.3, -0.25) is 4.79 Å². The number of carbonyl (C=O) groups excluding carboxylic acids is 2. The van der Waals surface area contributed by atoms with Crippen LogP contribution in [0.3, 0.4) is 0 Å². The van der Waals surface area contributed by atoms with Crippen molar-refractivity contribution in [3.63, 3.8) is 0 Å².